The number of amides is 2. The molecule has 0 aliphatic heterocycles. The molecule has 0 bridgehead atoms. The van der Waals surface area contributed by atoms with Crippen LogP contribution in [0.3, 0.4) is 0 Å². The van der Waals surface area contributed by atoms with Gasteiger partial charge in [0.25, 0.3) is 5.91 Å². The molecule has 0 unspecified atom stereocenters. The molecule has 0 radical (unpaired) electrons. The summed E-state index contributed by atoms with van der Waals surface area (Å²) in [5, 5.41) is 2.21. The zero-order valence-corrected chi connectivity index (χ0v) is 10.9. The molecular weight excluding hydrogens is 250 g/mol. The van der Waals surface area contributed by atoms with E-state index in [0.29, 0.717) is 17.0 Å². The van der Waals surface area contributed by atoms with Gasteiger partial charge in [-0.25, -0.2) is 0 Å². The zero-order chi connectivity index (χ0) is 13.3. The Morgan fingerprint density at radius 1 is 1.28 bits per heavy atom. The van der Waals surface area contributed by atoms with Crippen molar-refractivity contribution in [1.29, 1.82) is 0 Å². The molecule has 2 aromatic rings. The Labute approximate surface area is 110 Å². The van der Waals surface area contributed by atoms with Gasteiger partial charge in [0.2, 0.25) is 6.41 Å². The van der Waals surface area contributed by atoms with Gasteiger partial charge in [-0.15, -0.1) is 0 Å². The lowest BCUT2D eigenvalue weighted by Gasteiger charge is -2.13. The molecule has 0 fully saturated rings. The second-order valence-electron chi connectivity index (χ2n) is 4.11. The van der Waals surface area contributed by atoms with Crippen LogP contribution in [0.2, 0.25) is 5.02 Å². The maximum absolute atomic E-state index is 12.1. The molecule has 4 heteroatoms. The molecule has 92 valence electrons. The third-order valence-electron chi connectivity index (χ3n) is 2.90. The number of benzene rings is 2. The molecule has 2 rings (SSSR count). The van der Waals surface area contributed by atoms with Crippen molar-refractivity contribution in [2.75, 3.05) is 7.05 Å². The zero-order valence-electron chi connectivity index (χ0n) is 10.1. The van der Waals surface area contributed by atoms with E-state index in [0.717, 1.165) is 21.2 Å². The number of fused-ring (bicyclic) bond motifs is 1. The van der Waals surface area contributed by atoms with E-state index in [2.05, 4.69) is 0 Å². The van der Waals surface area contributed by atoms with Crippen LogP contribution in [0.25, 0.3) is 10.8 Å². The number of carbonyl (C=O) groups excluding carboxylic acids is 2. The highest BCUT2D eigenvalue weighted by Crippen LogP contribution is 2.29. The molecule has 0 aliphatic rings. The summed E-state index contributed by atoms with van der Waals surface area (Å²) in [6.45, 7) is 1.91. The van der Waals surface area contributed by atoms with Crippen molar-refractivity contribution in [2.24, 2.45) is 0 Å². The Hall–Kier alpha value is -1.87. The number of imide groups is 1. The highest BCUT2D eigenvalue weighted by Gasteiger charge is 2.16. The monoisotopic (exact) mass is 261 g/mol. The minimum atomic E-state index is -0.332. The fraction of sp³-hybridized carbons (Fsp3) is 0.143. The van der Waals surface area contributed by atoms with Crippen LogP contribution in [0.4, 0.5) is 0 Å². The maximum atomic E-state index is 12.1. The minimum absolute atomic E-state index is 0.332. The number of carbonyl (C=O) groups is 2. The van der Waals surface area contributed by atoms with Gasteiger partial charge >= 0.3 is 0 Å². The van der Waals surface area contributed by atoms with E-state index < -0.39 is 0 Å². The van der Waals surface area contributed by atoms with Gasteiger partial charge in [0, 0.05) is 23.0 Å². The van der Waals surface area contributed by atoms with Crippen LogP contribution in [0, 0.1) is 6.92 Å². The number of aryl methyl sites for hydroxylation is 1. The number of hydrogen-bond acceptors (Lipinski definition) is 2. The van der Waals surface area contributed by atoms with E-state index in [4.69, 9.17) is 11.6 Å². The van der Waals surface area contributed by atoms with Crippen LogP contribution in [-0.2, 0) is 4.79 Å². The summed E-state index contributed by atoms with van der Waals surface area (Å²) in [4.78, 5) is 23.8. The second kappa shape index (κ2) is 4.78. The highest BCUT2D eigenvalue weighted by molar-refractivity contribution is 6.36. The van der Waals surface area contributed by atoms with E-state index in [9.17, 15) is 9.59 Å². The van der Waals surface area contributed by atoms with Gasteiger partial charge in [-0.1, -0.05) is 29.8 Å². The topological polar surface area (TPSA) is 37.4 Å². The number of nitrogens with zero attached hydrogens (tertiary/aromatic N) is 1. The van der Waals surface area contributed by atoms with E-state index in [1.807, 2.05) is 25.1 Å². The van der Waals surface area contributed by atoms with Crippen LogP contribution in [0.1, 0.15) is 15.9 Å². The molecule has 0 aliphatic carbocycles. The number of hydrogen-bond donors (Lipinski definition) is 0. The molecule has 0 saturated heterocycles. The smallest absolute Gasteiger partial charge is 0.260 e. The van der Waals surface area contributed by atoms with Crippen molar-refractivity contribution in [3.8, 4) is 0 Å². The summed E-state index contributed by atoms with van der Waals surface area (Å²) in [6.07, 6.45) is 0.501. The predicted molar refractivity (Wildman–Crippen MR) is 71.9 cm³/mol. The summed E-state index contributed by atoms with van der Waals surface area (Å²) in [6, 6.07) is 9.00. The Balaban J connectivity index is 2.76. The quantitative estimate of drug-likeness (QED) is 0.780. The van der Waals surface area contributed by atoms with E-state index >= 15 is 0 Å². The molecule has 0 aromatic heterocycles. The molecule has 2 aromatic carbocycles. The molecule has 0 heterocycles. The van der Waals surface area contributed by atoms with Crippen LogP contribution < -0.4 is 0 Å². The Kier molecular flexibility index (Phi) is 3.34. The van der Waals surface area contributed by atoms with Gasteiger partial charge in [0.05, 0.1) is 0 Å². The third-order valence-corrected chi connectivity index (χ3v) is 3.23. The first-order valence-electron chi connectivity index (χ1n) is 5.46. The third kappa shape index (κ3) is 1.97. The predicted octanol–water partition coefficient (Wildman–Crippen LogP) is 3.03. The van der Waals surface area contributed by atoms with Crippen molar-refractivity contribution in [1.82, 2.24) is 4.90 Å². The largest absolute Gasteiger partial charge is 0.284 e. The first kappa shape index (κ1) is 12.6. The van der Waals surface area contributed by atoms with Gasteiger partial charge in [0.15, 0.2) is 0 Å². The first-order chi connectivity index (χ1) is 8.56. The fourth-order valence-electron chi connectivity index (χ4n) is 1.97. The standard InChI is InChI=1S/C14H12ClNO2/c1-9-4-3-5-10-12(15)7-6-11(13(9)10)14(18)16(2)8-17/h3-8H,1-2H3. The van der Waals surface area contributed by atoms with Gasteiger partial charge in [-0.05, 0) is 30.0 Å². The van der Waals surface area contributed by atoms with Crippen molar-refractivity contribution in [3.05, 3.63) is 46.5 Å². The highest BCUT2D eigenvalue weighted by atomic mass is 35.5. The molecular formula is C14H12ClNO2. The number of halogens is 1. The van der Waals surface area contributed by atoms with Crippen molar-refractivity contribution >= 4 is 34.7 Å². The molecule has 3 nitrogen and oxygen atoms in total. The van der Waals surface area contributed by atoms with Crippen molar-refractivity contribution in [2.45, 2.75) is 6.92 Å². The lowest BCUT2D eigenvalue weighted by molar-refractivity contribution is -0.115. The molecule has 18 heavy (non-hydrogen) atoms. The van der Waals surface area contributed by atoms with E-state index in [1.54, 1.807) is 12.1 Å². The van der Waals surface area contributed by atoms with Gasteiger partial charge in [-0.3, -0.25) is 14.5 Å². The maximum Gasteiger partial charge on any atom is 0.260 e. The minimum Gasteiger partial charge on any atom is -0.284 e. The molecule has 0 spiro atoms. The van der Waals surface area contributed by atoms with Gasteiger partial charge in [-0.2, -0.15) is 0 Å². The normalized spacial score (nSPS) is 10.4. The van der Waals surface area contributed by atoms with Crippen LogP contribution in [0.15, 0.2) is 30.3 Å². The number of rotatable bonds is 2. The Morgan fingerprint density at radius 3 is 2.67 bits per heavy atom. The summed E-state index contributed by atoms with van der Waals surface area (Å²) in [5.74, 6) is -0.332. The summed E-state index contributed by atoms with van der Waals surface area (Å²) >= 11 is 6.12. The lowest BCUT2D eigenvalue weighted by Crippen LogP contribution is -2.25. The Morgan fingerprint density at radius 2 is 2.00 bits per heavy atom. The summed E-state index contributed by atoms with van der Waals surface area (Å²) < 4.78 is 0. The van der Waals surface area contributed by atoms with Crippen LogP contribution >= 0.6 is 11.6 Å². The first-order valence-corrected chi connectivity index (χ1v) is 5.84. The summed E-state index contributed by atoms with van der Waals surface area (Å²) in [5.41, 5.74) is 1.44. The van der Waals surface area contributed by atoms with Crippen LogP contribution in [-0.4, -0.2) is 24.3 Å². The van der Waals surface area contributed by atoms with Gasteiger partial charge in [0.1, 0.15) is 0 Å². The fourth-order valence-corrected chi connectivity index (χ4v) is 2.19. The molecule has 0 atom stereocenters. The van der Waals surface area contributed by atoms with Crippen molar-refractivity contribution < 1.29 is 9.59 Å². The Bertz CT molecular complexity index is 637. The summed E-state index contributed by atoms with van der Waals surface area (Å²) in [7, 11) is 1.44. The van der Waals surface area contributed by atoms with Crippen molar-refractivity contribution in [3.63, 3.8) is 0 Å². The average Bonchev–Trinajstić information content (AvgIpc) is 2.38. The van der Waals surface area contributed by atoms with E-state index in [-0.39, 0.29) is 5.91 Å². The molecule has 2 amide bonds. The average molecular weight is 262 g/mol. The second-order valence-corrected chi connectivity index (χ2v) is 4.52. The molecule has 0 N–H and O–H groups in total. The van der Waals surface area contributed by atoms with E-state index in [1.165, 1.54) is 7.05 Å². The lowest BCUT2D eigenvalue weighted by atomic mass is 9.99. The van der Waals surface area contributed by atoms with Gasteiger partial charge < -0.3 is 0 Å². The molecule has 0 saturated carbocycles. The van der Waals surface area contributed by atoms with Crippen LogP contribution in [0.5, 0.6) is 0 Å². The SMILES string of the molecule is Cc1cccc2c(Cl)ccc(C(=O)N(C)C=O)c12.